The van der Waals surface area contributed by atoms with Crippen LogP contribution in [0.15, 0.2) is 54.6 Å². The summed E-state index contributed by atoms with van der Waals surface area (Å²) in [6.07, 6.45) is -2.09. The van der Waals surface area contributed by atoms with Gasteiger partial charge in [-0.25, -0.2) is 18.4 Å². The van der Waals surface area contributed by atoms with Crippen LogP contribution in [-0.4, -0.2) is 109 Å². The lowest BCUT2D eigenvalue weighted by Crippen LogP contribution is -2.50. The second-order valence-corrected chi connectivity index (χ2v) is 16.5. The number of esters is 1. The predicted molar refractivity (Wildman–Crippen MR) is 229 cm³/mol. The maximum atomic E-state index is 16.2. The average molecular weight is 911 g/mol. The van der Waals surface area contributed by atoms with Crippen molar-refractivity contribution in [1.29, 1.82) is 5.41 Å². The molecule has 3 aromatic rings. The van der Waals surface area contributed by atoms with Crippen molar-refractivity contribution in [2.24, 2.45) is 5.41 Å². The van der Waals surface area contributed by atoms with E-state index in [0.717, 1.165) is 6.07 Å². The van der Waals surface area contributed by atoms with Crippen LogP contribution in [0.25, 0.3) is 0 Å². The van der Waals surface area contributed by atoms with E-state index < -0.39 is 64.8 Å². The fraction of sp³-hybridized carbons (Fsp3) is 0.500. The van der Waals surface area contributed by atoms with Crippen molar-refractivity contribution in [3.05, 3.63) is 93.0 Å². The summed E-state index contributed by atoms with van der Waals surface area (Å²) in [5.41, 5.74) is -1.86. The minimum atomic E-state index is -1.61. The van der Waals surface area contributed by atoms with Gasteiger partial charge in [0.05, 0.1) is 81.1 Å². The SMILES string of the molecule is COCCOCCOCCOCCOC(=O)OC(C)OC(=O)c1ccc(NC(=O)C2NC(CC(C)(C)C)C(C(C)=N)(c3ccc(Cl)cc3F)C2c2cccc(Cl)c2F)c(OC)c1. The van der Waals surface area contributed by atoms with Gasteiger partial charge in [0.1, 0.15) is 24.0 Å². The molecule has 5 atom stereocenters. The van der Waals surface area contributed by atoms with Crippen LogP contribution in [0.1, 0.15) is 68.4 Å². The van der Waals surface area contributed by atoms with Crippen LogP contribution in [0.2, 0.25) is 10.0 Å². The Bertz CT molecular complexity index is 2020. The minimum Gasteiger partial charge on any atom is -0.495 e. The molecule has 62 heavy (non-hydrogen) atoms. The molecule has 1 aliphatic heterocycles. The van der Waals surface area contributed by atoms with Gasteiger partial charge in [0, 0.05) is 42.3 Å². The first-order valence-electron chi connectivity index (χ1n) is 19.9. The lowest BCUT2D eigenvalue weighted by atomic mass is 9.59. The number of amides is 1. The van der Waals surface area contributed by atoms with E-state index in [2.05, 4.69) is 10.6 Å². The standard InChI is InChI=1S/C44H55Cl2F2N3O11/c1-26(49)44(31-13-12-29(45)24-33(31)47)36(25-43(3,4)5)51-39(37(44)30-9-8-10-32(46)38(30)48)40(52)50-34-14-11-28(23-35(34)56-7)41(53)61-27(2)62-42(54)60-22-21-59-20-19-58-18-17-57-16-15-55-6/h8-14,23-24,27,36-37,39,49,51H,15-22,25H2,1-7H3,(H,50,52). The average Bonchev–Trinajstić information content (AvgIpc) is 3.53. The molecule has 1 amide bonds. The smallest absolute Gasteiger partial charge is 0.495 e. The van der Waals surface area contributed by atoms with E-state index in [1.807, 2.05) is 20.8 Å². The number of benzene rings is 3. The van der Waals surface area contributed by atoms with Gasteiger partial charge < -0.3 is 53.9 Å². The van der Waals surface area contributed by atoms with Gasteiger partial charge in [0.2, 0.25) is 12.2 Å². The number of hydrogen-bond donors (Lipinski definition) is 3. The molecule has 3 aromatic carbocycles. The molecule has 3 N–H and O–H groups in total. The molecule has 1 heterocycles. The van der Waals surface area contributed by atoms with Gasteiger partial charge in [0.15, 0.2) is 0 Å². The lowest BCUT2D eigenvalue weighted by molar-refractivity contribution is -0.118. The molecule has 4 rings (SSSR count). The highest BCUT2D eigenvalue weighted by Crippen LogP contribution is 2.54. The molecule has 0 aromatic heterocycles. The van der Waals surface area contributed by atoms with Gasteiger partial charge in [-0.05, 0) is 60.7 Å². The summed E-state index contributed by atoms with van der Waals surface area (Å²) in [5, 5.41) is 15.4. The summed E-state index contributed by atoms with van der Waals surface area (Å²) in [6, 6.07) is 10.5. The van der Waals surface area contributed by atoms with Gasteiger partial charge in [-0.3, -0.25) is 4.79 Å². The molecule has 14 nitrogen and oxygen atoms in total. The summed E-state index contributed by atoms with van der Waals surface area (Å²) in [6.45, 7) is 11.1. The van der Waals surface area contributed by atoms with E-state index in [-0.39, 0.29) is 63.7 Å². The molecule has 0 aliphatic carbocycles. The molecular formula is C44H55Cl2F2N3O11. The molecule has 1 aliphatic rings. The highest BCUT2D eigenvalue weighted by Gasteiger charge is 2.61. The van der Waals surface area contributed by atoms with Crippen LogP contribution in [-0.2, 0) is 43.4 Å². The number of ether oxygens (including phenoxy) is 8. The molecule has 18 heteroatoms. The first kappa shape index (κ1) is 50.2. The quantitative estimate of drug-likeness (QED) is 0.0383. The zero-order chi connectivity index (χ0) is 45.6. The van der Waals surface area contributed by atoms with Crippen molar-refractivity contribution in [1.82, 2.24) is 5.32 Å². The third-order valence-electron chi connectivity index (χ3n) is 10.0. The normalized spacial score (nSPS) is 19.1. The minimum absolute atomic E-state index is 0.00130. The summed E-state index contributed by atoms with van der Waals surface area (Å²) >= 11 is 12.5. The number of anilines is 1. The third-order valence-corrected chi connectivity index (χ3v) is 10.5. The van der Waals surface area contributed by atoms with Gasteiger partial charge in [-0.15, -0.1) is 0 Å². The van der Waals surface area contributed by atoms with E-state index in [1.54, 1.807) is 7.11 Å². The first-order valence-corrected chi connectivity index (χ1v) is 20.7. The molecule has 0 radical (unpaired) electrons. The van der Waals surface area contributed by atoms with Gasteiger partial charge in [-0.2, -0.15) is 0 Å². The molecule has 5 unspecified atom stereocenters. The second-order valence-electron chi connectivity index (χ2n) is 15.6. The van der Waals surface area contributed by atoms with E-state index in [4.69, 9.17) is 61.1 Å². The van der Waals surface area contributed by atoms with Crippen LogP contribution in [0, 0.1) is 22.5 Å². The molecule has 1 saturated heterocycles. The number of nitrogens with one attached hydrogen (secondary N) is 3. The summed E-state index contributed by atoms with van der Waals surface area (Å²) in [5.74, 6) is -4.25. The van der Waals surface area contributed by atoms with E-state index in [0.29, 0.717) is 39.5 Å². The Balaban J connectivity index is 1.47. The highest BCUT2D eigenvalue weighted by molar-refractivity contribution is 6.31. The number of hydrogen-bond acceptors (Lipinski definition) is 13. The number of halogens is 4. The monoisotopic (exact) mass is 909 g/mol. The molecule has 0 spiro atoms. The lowest BCUT2D eigenvalue weighted by Gasteiger charge is -2.42. The fourth-order valence-corrected chi connectivity index (χ4v) is 7.80. The Morgan fingerprint density at radius 1 is 0.887 bits per heavy atom. The van der Waals surface area contributed by atoms with Crippen LogP contribution < -0.4 is 15.4 Å². The van der Waals surface area contributed by atoms with E-state index in [9.17, 15) is 19.8 Å². The van der Waals surface area contributed by atoms with E-state index >= 15 is 8.78 Å². The summed E-state index contributed by atoms with van der Waals surface area (Å²) < 4.78 is 74.2. The zero-order valence-electron chi connectivity index (χ0n) is 35.9. The summed E-state index contributed by atoms with van der Waals surface area (Å²) in [4.78, 5) is 39.8. The molecule has 0 bridgehead atoms. The Morgan fingerprint density at radius 2 is 1.53 bits per heavy atom. The second kappa shape index (κ2) is 23.3. The van der Waals surface area contributed by atoms with Crippen molar-refractivity contribution >= 4 is 52.6 Å². The predicted octanol–water partition coefficient (Wildman–Crippen LogP) is 8.11. The molecular weight excluding hydrogens is 855 g/mol. The Labute approximate surface area is 370 Å². The van der Waals surface area contributed by atoms with Crippen LogP contribution in [0.3, 0.4) is 0 Å². The number of carbonyl (C=O) groups is 3. The van der Waals surface area contributed by atoms with Crippen molar-refractivity contribution in [2.45, 2.75) is 70.7 Å². The largest absolute Gasteiger partial charge is 0.511 e. The fourth-order valence-electron chi connectivity index (χ4n) is 7.46. The molecule has 340 valence electrons. The van der Waals surface area contributed by atoms with Gasteiger partial charge in [-0.1, -0.05) is 62.2 Å². The van der Waals surface area contributed by atoms with Gasteiger partial charge >= 0.3 is 12.1 Å². The molecule has 0 saturated carbocycles. The maximum Gasteiger partial charge on any atom is 0.511 e. The van der Waals surface area contributed by atoms with Crippen LogP contribution >= 0.6 is 23.2 Å². The number of methoxy groups -OCH3 is 2. The number of rotatable bonds is 22. The number of carbonyl (C=O) groups excluding carboxylic acids is 3. The molecule has 1 fully saturated rings. The van der Waals surface area contributed by atoms with Crippen molar-refractivity contribution in [3.63, 3.8) is 0 Å². The van der Waals surface area contributed by atoms with Crippen molar-refractivity contribution in [2.75, 3.05) is 72.4 Å². The zero-order valence-corrected chi connectivity index (χ0v) is 37.4. The third kappa shape index (κ3) is 13.1. The maximum absolute atomic E-state index is 16.2. The van der Waals surface area contributed by atoms with Crippen LogP contribution in [0.4, 0.5) is 19.3 Å². The van der Waals surface area contributed by atoms with E-state index in [1.165, 1.54) is 69.5 Å². The first-order chi connectivity index (χ1) is 29.4. The Morgan fingerprint density at radius 3 is 2.13 bits per heavy atom. The Hall–Kier alpha value is -4.42. The van der Waals surface area contributed by atoms with Crippen molar-refractivity contribution < 1.29 is 61.1 Å². The van der Waals surface area contributed by atoms with Crippen molar-refractivity contribution in [3.8, 4) is 5.75 Å². The Kier molecular flexibility index (Phi) is 18.9. The summed E-state index contributed by atoms with van der Waals surface area (Å²) in [7, 11) is 2.91. The van der Waals surface area contributed by atoms with Crippen LogP contribution in [0.5, 0.6) is 5.75 Å². The topological polar surface area (TPSA) is 173 Å². The highest BCUT2D eigenvalue weighted by atomic mass is 35.5. The van der Waals surface area contributed by atoms with Gasteiger partial charge in [0.25, 0.3) is 0 Å².